The fourth-order valence-corrected chi connectivity index (χ4v) is 2.85. The number of unbranched alkanes of at least 4 members (excludes halogenated alkanes) is 2. The molecule has 1 heterocycles. The molecule has 0 bridgehead atoms. The largest absolute Gasteiger partial charge is 0.497 e. The van der Waals surface area contributed by atoms with Crippen molar-refractivity contribution >= 4 is 22.6 Å². The van der Waals surface area contributed by atoms with Gasteiger partial charge in [-0.05, 0) is 25.5 Å². The van der Waals surface area contributed by atoms with E-state index in [9.17, 15) is 0 Å². The molecule has 2 aromatic rings. The molecule has 110 valence electrons. The molecule has 0 aliphatic heterocycles. The van der Waals surface area contributed by atoms with Gasteiger partial charge >= 0.3 is 0 Å². The van der Waals surface area contributed by atoms with E-state index >= 15 is 0 Å². The summed E-state index contributed by atoms with van der Waals surface area (Å²) in [7, 11) is 1.67. The minimum atomic E-state index is 0.425. The van der Waals surface area contributed by atoms with E-state index in [4.69, 9.17) is 16.3 Å². The lowest BCUT2D eigenvalue weighted by Gasteiger charge is -2.17. The zero-order valence-corrected chi connectivity index (χ0v) is 13.3. The first kappa shape index (κ1) is 15.2. The molecule has 0 aliphatic carbocycles. The number of halogens is 1. The van der Waals surface area contributed by atoms with Crippen LogP contribution in [0, 0.1) is 0 Å². The average molecular weight is 295 g/mol. The molecule has 2 rings (SSSR count). The number of fused-ring (bicyclic) bond motifs is 1. The van der Waals surface area contributed by atoms with E-state index in [-0.39, 0.29) is 0 Å². The number of aromatic nitrogens is 2. The van der Waals surface area contributed by atoms with Gasteiger partial charge in [0.1, 0.15) is 11.6 Å². The number of imidazole rings is 1. The molecule has 1 unspecified atom stereocenters. The Morgan fingerprint density at radius 3 is 2.80 bits per heavy atom. The Morgan fingerprint density at radius 1 is 1.35 bits per heavy atom. The van der Waals surface area contributed by atoms with Crippen molar-refractivity contribution in [1.82, 2.24) is 9.55 Å². The van der Waals surface area contributed by atoms with Gasteiger partial charge in [0.25, 0.3) is 0 Å². The zero-order valence-electron chi connectivity index (χ0n) is 12.5. The van der Waals surface area contributed by atoms with E-state index in [2.05, 4.69) is 29.5 Å². The number of ether oxygens (including phenoxy) is 1. The number of benzene rings is 1. The van der Waals surface area contributed by atoms with Gasteiger partial charge in [-0.2, -0.15) is 0 Å². The van der Waals surface area contributed by atoms with Crippen LogP contribution in [0.15, 0.2) is 18.2 Å². The Morgan fingerprint density at radius 2 is 2.15 bits per heavy atom. The molecule has 0 saturated heterocycles. The van der Waals surface area contributed by atoms with Crippen LogP contribution in [0.5, 0.6) is 5.75 Å². The molecule has 3 nitrogen and oxygen atoms in total. The Bertz CT molecular complexity index is 565. The van der Waals surface area contributed by atoms with Crippen LogP contribution in [0.4, 0.5) is 0 Å². The van der Waals surface area contributed by atoms with Crippen LogP contribution in [0.3, 0.4) is 0 Å². The van der Waals surface area contributed by atoms with Crippen LogP contribution in [0.25, 0.3) is 11.0 Å². The number of hydrogen-bond donors (Lipinski definition) is 0. The molecule has 0 aliphatic rings. The van der Waals surface area contributed by atoms with E-state index < -0.39 is 0 Å². The quantitative estimate of drug-likeness (QED) is 0.535. The molecule has 0 N–H and O–H groups in total. The summed E-state index contributed by atoms with van der Waals surface area (Å²) in [6.45, 7) is 4.48. The van der Waals surface area contributed by atoms with Crippen LogP contribution in [-0.4, -0.2) is 16.7 Å². The van der Waals surface area contributed by atoms with E-state index in [0.717, 1.165) is 29.0 Å². The molecular formula is C16H23ClN2O. The number of hydrogen-bond acceptors (Lipinski definition) is 2. The van der Waals surface area contributed by atoms with Crippen LogP contribution in [0.2, 0.25) is 0 Å². The Labute approximate surface area is 125 Å². The molecule has 4 heteroatoms. The summed E-state index contributed by atoms with van der Waals surface area (Å²) >= 11 is 6.07. The van der Waals surface area contributed by atoms with Crippen molar-refractivity contribution in [3.63, 3.8) is 0 Å². The Hall–Kier alpha value is -1.22. The minimum Gasteiger partial charge on any atom is -0.497 e. The van der Waals surface area contributed by atoms with Gasteiger partial charge in [0, 0.05) is 12.1 Å². The van der Waals surface area contributed by atoms with Gasteiger partial charge < -0.3 is 9.30 Å². The fraction of sp³-hybridized carbons (Fsp3) is 0.562. The molecule has 0 amide bonds. The summed E-state index contributed by atoms with van der Waals surface area (Å²) in [5.41, 5.74) is 2.10. The van der Waals surface area contributed by atoms with Gasteiger partial charge in [0.15, 0.2) is 0 Å². The van der Waals surface area contributed by atoms with Gasteiger partial charge in [-0.15, -0.1) is 11.6 Å². The van der Waals surface area contributed by atoms with Crippen molar-refractivity contribution in [2.45, 2.75) is 51.5 Å². The number of rotatable bonds is 7. The summed E-state index contributed by atoms with van der Waals surface area (Å²) < 4.78 is 7.54. The highest BCUT2D eigenvalue weighted by Gasteiger charge is 2.15. The summed E-state index contributed by atoms with van der Waals surface area (Å²) in [6.07, 6.45) is 4.93. The molecule has 1 aromatic heterocycles. The average Bonchev–Trinajstić information content (AvgIpc) is 2.84. The maximum atomic E-state index is 6.07. The lowest BCUT2D eigenvalue weighted by atomic mass is 10.1. The highest BCUT2D eigenvalue weighted by Crippen LogP contribution is 2.28. The highest BCUT2D eigenvalue weighted by molar-refractivity contribution is 6.16. The van der Waals surface area contributed by atoms with Crippen molar-refractivity contribution in [3.05, 3.63) is 24.0 Å². The molecule has 0 radical (unpaired) electrons. The van der Waals surface area contributed by atoms with Crippen LogP contribution >= 0.6 is 11.6 Å². The normalized spacial score (nSPS) is 12.8. The summed E-state index contributed by atoms with van der Waals surface area (Å²) in [5, 5.41) is 0. The molecule has 0 saturated carbocycles. The second-order valence-electron chi connectivity index (χ2n) is 5.23. The van der Waals surface area contributed by atoms with Gasteiger partial charge in [-0.1, -0.05) is 26.2 Å². The van der Waals surface area contributed by atoms with Gasteiger partial charge in [-0.3, -0.25) is 0 Å². The second kappa shape index (κ2) is 6.98. The van der Waals surface area contributed by atoms with E-state index in [1.807, 2.05) is 12.1 Å². The fourth-order valence-electron chi connectivity index (χ4n) is 2.66. The van der Waals surface area contributed by atoms with Crippen molar-refractivity contribution in [2.24, 2.45) is 0 Å². The number of alkyl halides is 1. The predicted octanol–water partition coefficient (Wildman–Crippen LogP) is 4.93. The van der Waals surface area contributed by atoms with Gasteiger partial charge in [-0.25, -0.2) is 4.98 Å². The third-order valence-corrected chi connectivity index (χ3v) is 3.99. The minimum absolute atomic E-state index is 0.425. The first-order valence-electron chi connectivity index (χ1n) is 7.32. The maximum Gasteiger partial charge on any atom is 0.125 e. The maximum absolute atomic E-state index is 6.07. The molecule has 1 atom stereocenters. The number of nitrogens with zero attached hydrogens (tertiary/aromatic N) is 2. The lowest BCUT2D eigenvalue weighted by Crippen LogP contribution is -2.08. The first-order chi connectivity index (χ1) is 9.71. The van der Waals surface area contributed by atoms with Gasteiger partial charge in [0.2, 0.25) is 0 Å². The summed E-state index contributed by atoms with van der Waals surface area (Å²) in [4.78, 5) is 4.64. The SMILES string of the molecule is CCCCCC(C)n1c(CCl)nc2cc(OC)ccc21. The first-order valence-corrected chi connectivity index (χ1v) is 7.85. The van der Waals surface area contributed by atoms with E-state index in [1.54, 1.807) is 7.11 Å². The van der Waals surface area contributed by atoms with Crippen molar-refractivity contribution in [2.75, 3.05) is 7.11 Å². The smallest absolute Gasteiger partial charge is 0.125 e. The molecule has 20 heavy (non-hydrogen) atoms. The molecular weight excluding hydrogens is 272 g/mol. The second-order valence-corrected chi connectivity index (χ2v) is 5.50. The van der Waals surface area contributed by atoms with Crippen LogP contribution in [0.1, 0.15) is 51.4 Å². The van der Waals surface area contributed by atoms with Crippen molar-refractivity contribution in [3.8, 4) is 5.75 Å². The third-order valence-electron chi connectivity index (χ3n) is 3.76. The molecule has 0 fully saturated rings. The van der Waals surface area contributed by atoms with Crippen LogP contribution in [-0.2, 0) is 5.88 Å². The Balaban J connectivity index is 2.34. The monoisotopic (exact) mass is 294 g/mol. The van der Waals surface area contributed by atoms with Crippen molar-refractivity contribution < 1.29 is 4.74 Å². The van der Waals surface area contributed by atoms with Crippen molar-refractivity contribution in [1.29, 1.82) is 0 Å². The lowest BCUT2D eigenvalue weighted by molar-refractivity contribution is 0.415. The van der Waals surface area contributed by atoms with E-state index in [0.29, 0.717) is 11.9 Å². The predicted molar refractivity (Wildman–Crippen MR) is 84.7 cm³/mol. The third kappa shape index (κ3) is 3.09. The Kier molecular flexibility index (Phi) is 5.30. The summed E-state index contributed by atoms with van der Waals surface area (Å²) in [6, 6.07) is 6.46. The molecule has 1 aromatic carbocycles. The topological polar surface area (TPSA) is 27.1 Å². The van der Waals surface area contributed by atoms with Gasteiger partial charge in [0.05, 0.1) is 24.0 Å². The highest BCUT2D eigenvalue weighted by atomic mass is 35.5. The summed E-state index contributed by atoms with van der Waals surface area (Å²) in [5.74, 6) is 2.22. The molecule has 0 spiro atoms. The van der Waals surface area contributed by atoms with Crippen LogP contribution < -0.4 is 4.74 Å². The number of methoxy groups -OCH3 is 1. The standard InChI is InChI=1S/C16H23ClN2O/c1-4-5-6-7-12(2)19-15-9-8-13(20-3)10-14(15)18-16(19)11-17/h8-10,12H,4-7,11H2,1-3H3. The van der Waals surface area contributed by atoms with E-state index in [1.165, 1.54) is 19.3 Å². The zero-order chi connectivity index (χ0) is 14.5.